The third-order valence-electron chi connectivity index (χ3n) is 26.5. The van der Waals surface area contributed by atoms with Crippen molar-refractivity contribution < 1.29 is 61.3 Å². The van der Waals surface area contributed by atoms with Crippen LogP contribution in [0.5, 0.6) is 69.0 Å². The molecule has 139 heavy (non-hydrogen) atoms. The third kappa shape index (κ3) is 30.1. The molecule has 12 nitrogen and oxygen atoms in total. The van der Waals surface area contributed by atoms with Gasteiger partial charge in [-0.25, -0.2) is 0 Å². The van der Waals surface area contributed by atoms with Crippen LogP contribution in [0.2, 0.25) is 0 Å². The first-order valence-electron chi connectivity index (χ1n) is 49.5. The number of rotatable bonds is 15. The predicted molar refractivity (Wildman–Crippen MR) is 583 cm³/mol. The molecule has 12 heteroatoms. The van der Waals surface area contributed by atoms with Crippen molar-refractivity contribution in [2.45, 2.75) is 360 Å². The van der Waals surface area contributed by atoms with E-state index in [9.17, 15) is 61.3 Å². The van der Waals surface area contributed by atoms with E-state index in [2.05, 4.69) is 268 Å². The molecular weight excluding hydrogens is 1720 g/mol. The van der Waals surface area contributed by atoms with Gasteiger partial charge in [-0.1, -0.05) is 405 Å². The average Bonchev–Trinajstić information content (AvgIpc) is 0.764. The number of aromatic hydroxyl groups is 12. The second kappa shape index (κ2) is 44.4. The molecule has 0 saturated heterocycles. The van der Waals surface area contributed by atoms with Gasteiger partial charge in [0.1, 0.15) is 69.0 Å². The highest BCUT2D eigenvalue weighted by atomic mass is 16.3. The van der Waals surface area contributed by atoms with Crippen LogP contribution in [0.4, 0.5) is 0 Å². The van der Waals surface area contributed by atoms with Crippen LogP contribution in [0.15, 0.2) is 212 Å². The van der Waals surface area contributed by atoms with E-state index in [1.165, 1.54) is 44.5 Å². The summed E-state index contributed by atoms with van der Waals surface area (Å²) in [6.45, 7) is 78.3. The van der Waals surface area contributed by atoms with Gasteiger partial charge < -0.3 is 61.3 Å². The minimum atomic E-state index is -0.169. The van der Waals surface area contributed by atoms with Gasteiger partial charge in [-0.3, -0.25) is 0 Å². The SMILES string of the molecule is CC(C)(C)c1cc(Cc2cc(C(C)(C)C)c(O)c(C(C)(C)C)c2)cc(C(C)(C)C)c1O.CC(C)(C)c1cc(O)c(C(C)(C)C)cc1O.CC(C)(c1ccc(O)cc1)c1ccc(C(C)(C)c2ccc(O)cc2)cc1.CCCC(c1ccc(O)c(C(C)(C)C)c1)c1cc(C(C)(C)C)c(O)cc1C.Cc1cc(Cc2cc(C)cc(C(C)(C)C)c2O)c(O)c(C(C)C)c1.Oc1ccccc1Cc1ccccc1O. The van der Waals surface area contributed by atoms with E-state index in [1.807, 2.05) is 140 Å². The van der Waals surface area contributed by atoms with Crippen LogP contribution in [-0.2, 0) is 78.8 Å². The highest BCUT2D eigenvalue weighted by molar-refractivity contribution is 5.59. The molecule has 0 aliphatic rings. The highest BCUT2D eigenvalue weighted by Gasteiger charge is 2.34. The maximum atomic E-state index is 11.1. The van der Waals surface area contributed by atoms with Gasteiger partial charge in [-0.05, 0) is 266 Å². The molecule has 0 aromatic heterocycles. The molecule has 12 rings (SSSR count). The summed E-state index contributed by atoms with van der Waals surface area (Å²) in [6, 6.07) is 68.1. The lowest BCUT2D eigenvalue weighted by atomic mass is 9.74. The van der Waals surface area contributed by atoms with E-state index in [-0.39, 0.29) is 106 Å². The molecule has 0 aliphatic heterocycles. The summed E-state index contributed by atoms with van der Waals surface area (Å²) in [5, 5.41) is 123. The highest BCUT2D eigenvalue weighted by Crippen LogP contribution is 2.49. The standard InChI is InChI=1S/C29H44O2.C25H36O2.C24H26O2.C22H30O2.C14H22O2.C13H12O2/c1-26(2,3)20-14-18(15-21(24(20)30)27(4,5)6)13-19-16-22(28(7,8)9)25(31)23(17-19)29(10,11)12;1-9-10-18(17-11-12-22(26)20(14-17)24(3,4)5)19-15-21(25(6,7)8)23(27)13-16(19)2;1-23(2,19-9-13-21(25)14-10-19)17-5-7-18(8-6-17)24(3,4)20-11-15-22(26)16-12-20;1-13(2)18-10-14(3)8-16(20(18)23)12-17-9-15(4)11-19(21(17)24)22(5,6)7;1-13(2,3)9-7-12(16)10(8-11(9)15)14(4,5)6;14-12-7-3-1-5-10(12)9-11-6-2-4-8-13(11)15/h14-17,30-31H,13H2,1-12H3;11-15,18,26-27H,9-10H2,1-8H3;5-16,25-26H,1-4H3;8-11,13,23-24H,12H2,1-7H3;7-8,15-16H,1-6H3;1-8,14-15H,9H2. The molecular formula is C127H170O12. The van der Waals surface area contributed by atoms with E-state index in [0.717, 1.165) is 114 Å². The van der Waals surface area contributed by atoms with Gasteiger partial charge >= 0.3 is 0 Å². The van der Waals surface area contributed by atoms with Crippen LogP contribution in [-0.4, -0.2) is 61.3 Å². The summed E-state index contributed by atoms with van der Waals surface area (Å²) in [4.78, 5) is 0. The Morgan fingerprint density at radius 2 is 0.532 bits per heavy atom. The smallest absolute Gasteiger partial charge is 0.123 e. The van der Waals surface area contributed by atoms with E-state index in [4.69, 9.17) is 0 Å². The van der Waals surface area contributed by atoms with Crippen LogP contribution in [0.25, 0.3) is 0 Å². The van der Waals surface area contributed by atoms with Crippen molar-refractivity contribution in [3.63, 3.8) is 0 Å². The molecule has 0 fully saturated rings. The fourth-order valence-corrected chi connectivity index (χ4v) is 17.9. The zero-order valence-electron chi connectivity index (χ0n) is 91.3. The molecule has 0 bridgehead atoms. The Balaban J connectivity index is 0.000000230. The minimum Gasteiger partial charge on any atom is -0.508 e. The maximum absolute atomic E-state index is 11.1. The number of hydrogen-bond acceptors (Lipinski definition) is 12. The third-order valence-corrected chi connectivity index (χ3v) is 26.5. The van der Waals surface area contributed by atoms with Crippen molar-refractivity contribution in [2.75, 3.05) is 0 Å². The summed E-state index contributed by atoms with van der Waals surface area (Å²) in [7, 11) is 0. The normalized spacial score (nSPS) is 12.6. The molecule has 1 unspecified atom stereocenters. The van der Waals surface area contributed by atoms with E-state index < -0.39 is 0 Å². The quantitative estimate of drug-likeness (QED) is 0.0429. The number of hydrogen-bond donors (Lipinski definition) is 12. The number of para-hydroxylation sites is 2. The van der Waals surface area contributed by atoms with E-state index in [0.29, 0.717) is 47.3 Å². The molecule has 0 amide bonds. The second-order valence-electron chi connectivity index (χ2n) is 49.1. The molecule has 0 spiro atoms. The Morgan fingerprint density at radius 3 is 0.863 bits per heavy atom. The molecule has 0 heterocycles. The van der Waals surface area contributed by atoms with Gasteiger partial charge in [0.2, 0.25) is 0 Å². The van der Waals surface area contributed by atoms with Crippen LogP contribution in [0.3, 0.4) is 0 Å². The molecule has 1 atom stereocenters. The molecule has 0 aliphatic carbocycles. The summed E-state index contributed by atoms with van der Waals surface area (Å²) in [5.74, 6) is 4.41. The van der Waals surface area contributed by atoms with Gasteiger partial charge in [0.25, 0.3) is 0 Å². The Bertz CT molecular complexity index is 5840. The first kappa shape index (κ1) is 114. The average molecular weight is 1890 g/mol. The largest absolute Gasteiger partial charge is 0.508 e. The second-order valence-corrected chi connectivity index (χ2v) is 49.1. The Labute approximate surface area is 836 Å². The Hall–Kier alpha value is -11.8. The first-order valence-corrected chi connectivity index (χ1v) is 49.5. The fourth-order valence-electron chi connectivity index (χ4n) is 17.9. The zero-order valence-corrected chi connectivity index (χ0v) is 91.3. The molecule has 12 aromatic carbocycles. The monoisotopic (exact) mass is 1890 g/mol. The lowest BCUT2D eigenvalue weighted by Crippen LogP contribution is -2.21. The fraction of sp³-hybridized carbons (Fsp3) is 0.433. The van der Waals surface area contributed by atoms with Gasteiger partial charge in [0.15, 0.2) is 0 Å². The van der Waals surface area contributed by atoms with Gasteiger partial charge in [0, 0.05) is 40.7 Å². The Morgan fingerprint density at radius 1 is 0.237 bits per heavy atom. The summed E-state index contributed by atoms with van der Waals surface area (Å²) in [5.41, 5.74) is 24.2. The van der Waals surface area contributed by atoms with E-state index in [1.54, 1.807) is 60.7 Å². The van der Waals surface area contributed by atoms with Crippen molar-refractivity contribution in [3.05, 3.63) is 351 Å². The molecule has 12 N–H and O–H groups in total. The minimum absolute atomic E-state index is 0.114. The zero-order chi connectivity index (χ0) is 105. The van der Waals surface area contributed by atoms with Gasteiger partial charge in [0.05, 0.1) is 0 Å². The Kier molecular flexibility index (Phi) is 36.5. The van der Waals surface area contributed by atoms with Crippen molar-refractivity contribution in [1.29, 1.82) is 0 Å². The molecule has 0 saturated carbocycles. The van der Waals surface area contributed by atoms with Crippen molar-refractivity contribution in [3.8, 4) is 69.0 Å². The molecule has 12 aromatic rings. The predicted octanol–water partition coefficient (Wildman–Crippen LogP) is 32.7. The van der Waals surface area contributed by atoms with Crippen LogP contribution >= 0.6 is 0 Å². The first-order chi connectivity index (χ1) is 63.6. The van der Waals surface area contributed by atoms with Crippen LogP contribution in [0.1, 0.15) is 399 Å². The molecule has 0 radical (unpaired) electrons. The number of benzene rings is 12. The van der Waals surface area contributed by atoms with Crippen molar-refractivity contribution in [1.82, 2.24) is 0 Å². The topological polar surface area (TPSA) is 243 Å². The van der Waals surface area contributed by atoms with Gasteiger partial charge in [-0.2, -0.15) is 0 Å². The number of phenols is 12. The van der Waals surface area contributed by atoms with Crippen LogP contribution in [0, 0.1) is 20.8 Å². The molecule has 750 valence electrons. The van der Waals surface area contributed by atoms with Crippen LogP contribution < -0.4 is 0 Å². The van der Waals surface area contributed by atoms with E-state index >= 15 is 0 Å². The number of phenolic OH excluding ortho intramolecular Hbond substituents is 12. The lowest BCUT2D eigenvalue weighted by Gasteiger charge is -2.29. The summed E-state index contributed by atoms with van der Waals surface area (Å²) in [6.07, 6.45) is 3.94. The maximum Gasteiger partial charge on any atom is 0.123 e. The number of aryl methyl sites for hydroxylation is 3. The van der Waals surface area contributed by atoms with Crippen molar-refractivity contribution in [2.24, 2.45) is 0 Å². The summed E-state index contributed by atoms with van der Waals surface area (Å²) < 4.78 is 0. The van der Waals surface area contributed by atoms with Crippen molar-refractivity contribution >= 4 is 0 Å². The summed E-state index contributed by atoms with van der Waals surface area (Å²) >= 11 is 0. The van der Waals surface area contributed by atoms with Gasteiger partial charge in [-0.15, -0.1) is 0 Å². The lowest BCUT2D eigenvalue weighted by molar-refractivity contribution is 0.419.